The van der Waals surface area contributed by atoms with E-state index in [0.29, 0.717) is 6.42 Å². The molecule has 0 radical (unpaired) electrons. The highest BCUT2D eigenvalue weighted by Gasteiger charge is 2.35. The number of piperazine rings is 1. The molecule has 2 heterocycles. The first-order valence-corrected chi connectivity index (χ1v) is 8.03. The average Bonchev–Trinajstić information content (AvgIpc) is 2.90. The summed E-state index contributed by atoms with van der Waals surface area (Å²) in [5.74, 6) is 0.279. The predicted molar refractivity (Wildman–Crippen MR) is 84.5 cm³/mol. The molecule has 0 spiro atoms. The molecule has 1 aromatic rings. The third kappa shape index (κ3) is 3.52. The van der Waals surface area contributed by atoms with Gasteiger partial charge in [0, 0.05) is 38.4 Å². The Morgan fingerprint density at radius 1 is 1.33 bits per heavy atom. The van der Waals surface area contributed by atoms with Gasteiger partial charge in [0.25, 0.3) is 0 Å². The molecule has 1 fully saturated rings. The standard InChI is InChI=1S/C16H28N4O/c1-5-13-11-14(20(6-2)18-13)12-15(21)16(3,4)19-9-7-17-8-10-19/h11,17H,5-10,12H2,1-4H3. The Morgan fingerprint density at radius 2 is 2.00 bits per heavy atom. The zero-order valence-corrected chi connectivity index (χ0v) is 13.8. The van der Waals surface area contributed by atoms with E-state index in [0.717, 1.165) is 50.5 Å². The molecule has 0 unspecified atom stereocenters. The van der Waals surface area contributed by atoms with E-state index in [-0.39, 0.29) is 5.78 Å². The van der Waals surface area contributed by atoms with Gasteiger partial charge in [0.15, 0.2) is 5.78 Å². The molecule has 0 aromatic carbocycles. The van der Waals surface area contributed by atoms with Gasteiger partial charge in [-0.1, -0.05) is 6.92 Å². The Hall–Kier alpha value is -1.20. The Kier molecular flexibility index (Phi) is 5.17. The van der Waals surface area contributed by atoms with Crippen molar-refractivity contribution in [2.24, 2.45) is 0 Å². The first kappa shape index (κ1) is 16.2. The summed E-state index contributed by atoms with van der Waals surface area (Å²) in [7, 11) is 0. The number of hydrogen-bond acceptors (Lipinski definition) is 4. The van der Waals surface area contributed by atoms with E-state index in [9.17, 15) is 4.79 Å². The fraction of sp³-hybridized carbons (Fsp3) is 0.750. The summed E-state index contributed by atoms with van der Waals surface area (Å²) in [6, 6.07) is 2.08. The van der Waals surface area contributed by atoms with E-state index in [4.69, 9.17) is 0 Å². The van der Waals surface area contributed by atoms with Gasteiger partial charge in [-0.15, -0.1) is 0 Å². The molecular formula is C16H28N4O. The van der Waals surface area contributed by atoms with Crippen molar-refractivity contribution in [1.29, 1.82) is 0 Å². The molecular weight excluding hydrogens is 264 g/mol. The van der Waals surface area contributed by atoms with Crippen LogP contribution in [0.15, 0.2) is 6.07 Å². The molecule has 5 nitrogen and oxygen atoms in total. The second-order valence-corrected chi connectivity index (χ2v) is 6.19. The molecule has 1 aliphatic heterocycles. The molecule has 0 atom stereocenters. The molecule has 0 amide bonds. The molecule has 1 N–H and O–H groups in total. The Morgan fingerprint density at radius 3 is 2.57 bits per heavy atom. The molecule has 1 saturated heterocycles. The Labute approximate surface area is 127 Å². The summed E-state index contributed by atoms with van der Waals surface area (Å²) in [4.78, 5) is 15.1. The van der Waals surface area contributed by atoms with Crippen LogP contribution < -0.4 is 5.32 Å². The van der Waals surface area contributed by atoms with E-state index in [2.05, 4.69) is 35.2 Å². The van der Waals surface area contributed by atoms with Crippen molar-refractivity contribution in [1.82, 2.24) is 20.0 Å². The minimum atomic E-state index is -0.405. The second kappa shape index (κ2) is 6.71. The van der Waals surface area contributed by atoms with Crippen molar-refractivity contribution < 1.29 is 4.79 Å². The zero-order chi connectivity index (χ0) is 15.5. The van der Waals surface area contributed by atoms with Crippen LogP contribution in [0, 0.1) is 0 Å². The summed E-state index contributed by atoms with van der Waals surface area (Å²) in [6.45, 7) is 12.9. The normalized spacial score (nSPS) is 17.1. The highest BCUT2D eigenvalue weighted by atomic mass is 16.1. The molecule has 0 saturated carbocycles. The van der Waals surface area contributed by atoms with E-state index in [1.807, 2.05) is 18.5 Å². The monoisotopic (exact) mass is 292 g/mol. The van der Waals surface area contributed by atoms with E-state index in [1.54, 1.807) is 0 Å². The number of ketones is 1. The van der Waals surface area contributed by atoms with Crippen LogP contribution in [-0.2, 0) is 24.2 Å². The average molecular weight is 292 g/mol. The van der Waals surface area contributed by atoms with Crippen LogP contribution in [0.4, 0.5) is 0 Å². The second-order valence-electron chi connectivity index (χ2n) is 6.19. The Bertz CT molecular complexity index is 486. The lowest BCUT2D eigenvalue weighted by molar-refractivity contribution is -0.129. The SMILES string of the molecule is CCc1cc(CC(=O)C(C)(C)N2CCNCC2)n(CC)n1. The van der Waals surface area contributed by atoms with Crippen LogP contribution >= 0.6 is 0 Å². The smallest absolute Gasteiger partial charge is 0.158 e. The lowest BCUT2D eigenvalue weighted by Crippen LogP contribution is -2.57. The van der Waals surface area contributed by atoms with Crippen LogP contribution in [0.5, 0.6) is 0 Å². The first-order valence-electron chi connectivity index (χ1n) is 8.03. The van der Waals surface area contributed by atoms with Gasteiger partial charge in [-0.25, -0.2) is 0 Å². The minimum Gasteiger partial charge on any atom is -0.314 e. The highest BCUT2D eigenvalue weighted by molar-refractivity contribution is 5.89. The fourth-order valence-electron chi connectivity index (χ4n) is 2.88. The lowest BCUT2D eigenvalue weighted by Gasteiger charge is -2.40. The maximum atomic E-state index is 12.8. The van der Waals surface area contributed by atoms with E-state index in [1.165, 1.54) is 0 Å². The number of nitrogens with one attached hydrogen (secondary N) is 1. The first-order chi connectivity index (χ1) is 9.98. The summed E-state index contributed by atoms with van der Waals surface area (Å²) in [5, 5.41) is 7.87. The summed E-state index contributed by atoms with van der Waals surface area (Å²) in [5.41, 5.74) is 1.71. The number of carbonyl (C=O) groups excluding carboxylic acids is 1. The van der Waals surface area contributed by atoms with Crippen molar-refractivity contribution >= 4 is 5.78 Å². The van der Waals surface area contributed by atoms with Crippen molar-refractivity contribution in [3.63, 3.8) is 0 Å². The van der Waals surface area contributed by atoms with Crippen molar-refractivity contribution in [2.75, 3.05) is 26.2 Å². The topological polar surface area (TPSA) is 50.2 Å². The molecule has 5 heteroatoms. The number of carbonyl (C=O) groups is 1. The van der Waals surface area contributed by atoms with Gasteiger partial charge in [-0.05, 0) is 33.3 Å². The van der Waals surface area contributed by atoms with Gasteiger partial charge in [0.1, 0.15) is 0 Å². The number of nitrogens with zero attached hydrogens (tertiary/aromatic N) is 3. The van der Waals surface area contributed by atoms with Gasteiger partial charge < -0.3 is 5.32 Å². The van der Waals surface area contributed by atoms with Crippen molar-refractivity contribution in [3.05, 3.63) is 17.5 Å². The molecule has 21 heavy (non-hydrogen) atoms. The fourth-order valence-corrected chi connectivity index (χ4v) is 2.88. The molecule has 0 bridgehead atoms. The number of rotatable bonds is 6. The van der Waals surface area contributed by atoms with Gasteiger partial charge in [-0.2, -0.15) is 5.10 Å². The van der Waals surface area contributed by atoms with E-state index >= 15 is 0 Å². The molecule has 2 rings (SSSR count). The van der Waals surface area contributed by atoms with Crippen LogP contribution in [0.3, 0.4) is 0 Å². The zero-order valence-electron chi connectivity index (χ0n) is 13.8. The van der Waals surface area contributed by atoms with Crippen LogP contribution in [0.2, 0.25) is 0 Å². The van der Waals surface area contributed by atoms with Gasteiger partial charge in [-0.3, -0.25) is 14.4 Å². The minimum absolute atomic E-state index is 0.279. The van der Waals surface area contributed by atoms with Gasteiger partial charge in [0.05, 0.1) is 17.7 Å². The maximum Gasteiger partial charge on any atom is 0.158 e. The number of hydrogen-bond donors (Lipinski definition) is 1. The lowest BCUT2D eigenvalue weighted by atomic mass is 9.92. The molecule has 118 valence electrons. The van der Waals surface area contributed by atoms with Crippen LogP contribution in [0.1, 0.15) is 39.1 Å². The molecule has 1 aromatic heterocycles. The van der Waals surface area contributed by atoms with Crippen LogP contribution in [0.25, 0.3) is 0 Å². The third-order valence-corrected chi connectivity index (χ3v) is 4.51. The number of Topliss-reactive ketones (excluding diaryl/α,β-unsaturated/α-hetero) is 1. The molecule has 1 aliphatic rings. The largest absolute Gasteiger partial charge is 0.314 e. The van der Waals surface area contributed by atoms with Crippen molar-refractivity contribution in [3.8, 4) is 0 Å². The maximum absolute atomic E-state index is 12.8. The van der Waals surface area contributed by atoms with Crippen LogP contribution in [-0.4, -0.2) is 52.2 Å². The summed E-state index contributed by atoms with van der Waals surface area (Å²) in [6.07, 6.45) is 1.38. The summed E-state index contributed by atoms with van der Waals surface area (Å²) >= 11 is 0. The Balaban J connectivity index is 2.10. The number of aryl methyl sites for hydroxylation is 2. The molecule has 0 aliphatic carbocycles. The predicted octanol–water partition coefficient (Wildman–Crippen LogP) is 1.26. The van der Waals surface area contributed by atoms with Gasteiger partial charge in [0.2, 0.25) is 0 Å². The van der Waals surface area contributed by atoms with E-state index < -0.39 is 5.54 Å². The third-order valence-electron chi connectivity index (χ3n) is 4.51. The quantitative estimate of drug-likeness (QED) is 0.857. The van der Waals surface area contributed by atoms with Crippen molar-refractivity contribution in [2.45, 2.75) is 52.6 Å². The number of aromatic nitrogens is 2. The highest BCUT2D eigenvalue weighted by Crippen LogP contribution is 2.19. The van der Waals surface area contributed by atoms with Gasteiger partial charge >= 0.3 is 0 Å². The summed E-state index contributed by atoms with van der Waals surface area (Å²) < 4.78 is 1.96.